The molecule has 1 aliphatic heterocycles. The predicted molar refractivity (Wildman–Crippen MR) is 118 cm³/mol. The third kappa shape index (κ3) is 6.85. The second-order valence-electron chi connectivity index (χ2n) is 6.82. The zero-order valence-corrected chi connectivity index (χ0v) is 17.5. The number of anilines is 2. The Morgan fingerprint density at radius 2 is 1.74 bits per heavy atom. The van der Waals surface area contributed by atoms with Crippen LogP contribution in [0.1, 0.15) is 0 Å². The lowest BCUT2D eigenvalue weighted by molar-refractivity contribution is -0.131. The van der Waals surface area contributed by atoms with Crippen molar-refractivity contribution in [2.45, 2.75) is 4.90 Å². The number of nitrogens with zero attached hydrogens (tertiary/aromatic N) is 2. The maximum atomic E-state index is 13.1. The van der Waals surface area contributed by atoms with E-state index in [0.717, 1.165) is 22.7 Å². The number of hydrogen-bond acceptors (Lipinski definition) is 5. The SMILES string of the molecule is O=C(O)/C=C/C(=O)Nc1cccc(SCC(=O)N2CCN(c3ccc(F)cc3)CC2)c1. The maximum Gasteiger partial charge on any atom is 0.328 e. The summed E-state index contributed by atoms with van der Waals surface area (Å²) in [5.74, 6) is -1.71. The average molecular weight is 444 g/mol. The number of thioether (sulfide) groups is 1. The Kier molecular flexibility index (Phi) is 7.66. The summed E-state index contributed by atoms with van der Waals surface area (Å²) in [6.07, 6.45) is 1.71. The van der Waals surface area contributed by atoms with E-state index in [1.807, 2.05) is 11.0 Å². The van der Waals surface area contributed by atoms with Gasteiger partial charge in [-0.25, -0.2) is 9.18 Å². The van der Waals surface area contributed by atoms with Crippen LogP contribution in [0.4, 0.5) is 15.8 Å². The van der Waals surface area contributed by atoms with E-state index in [1.54, 1.807) is 30.3 Å². The zero-order chi connectivity index (χ0) is 22.2. The summed E-state index contributed by atoms with van der Waals surface area (Å²) in [7, 11) is 0. The van der Waals surface area contributed by atoms with Crippen molar-refractivity contribution in [2.24, 2.45) is 0 Å². The number of benzene rings is 2. The van der Waals surface area contributed by atoms with Crippen molar-refractivity contribution < 1.29 is 23.9 Å². The number of halogens is 1. The molecule has 0 saturated carbocycles. The molecular formula is C22H22FN3O4S. The van der Waals surface area contributed by atoms with Crippen molar-refractivity contribution in [2.75, 3.05) is 42.1 Å². The largest absolute Gasteiger partial charge is 0.478 e. The molecule has 2 amide bonds. The highest BCUT2D eigenvalue weighted by Gasteiger charge is 2.21. The second-order valence-corrected chi connectivity index (χ2v) is 7.87. The van der Waals surface area contributed by atoms with E-state index in [0.29, 0.717) is 31.9 Å². The first-order valence-electron chi connectivity index (χ1n) is 9.64. The van der Waals surface area contributed by atoms with Crippen LogP contribution < -0.4 is 10.2 Å². The first-order chi connectivity index (χ1) is 14.9. The molecule has 0 unspecified atom stereocenters. The van der Waals surface area contributed by atoms with E-state index in [1.165, 1.54) is 23.9 Å². The van der Waals surface area contributed by atoms with E-state index < -0.39 is 11.9 Å². The zero-order valence-electron chi connectivity index (χ0n) is 16.7. The molecule has 2 aromatic rings. The van der Waals surface area contributed by atoms with Crippen LogP contribution in [-0.4, -0.2) is 59.7 Å². The Bertz CT molecular complexity index is 973. The van der Waals surface area contributed by atoms with Gasteiger partial charge in [0, 0.05) is 54.6 Å². The summed E-state index contributed by atoms with van der Waals surface area (Å²) in [6, 6.07) is 13.4. The van der Waals surface area contributed by atoms with Crippen LogP contribution in [0, 0.1) is 5.82 Å². The van der Waals surface area contributed by atoms with Crippen molar-refractivity contribution >= 4 is 40.9 Å². The Labute approximate surface area is 183 Å². The van der Waals surface area contributed by atoms with Gasteiger partial charge in [0.15, 0.2) is 0 Å². The average Bonchev–Trinajstić information content (AvgIpc) is 2.77. The lowest BCUT2D eigenvalue weighted by Gasteiger charge is -2.36. The Morgan fingerprint density at radius 1 is 1.03 bits per heavy atom. The fourth-order valence-electron chi connectivity index (χ4n) is 3.10. The molecule has 0 spiro atoms. The van der Waals surface area contributed by atoms with Gasteiger partial charge >= 0.3 is 5.97 Å². The maximum absolute atomic E-state index is 13.1. The van der Waals surface area contributed by atoms with E-state index in [9.17, 15) is 18.8 Å². The number of piperazine rings is 1. The monoisotopic (exact) mass is 443 g/mol. The number of carboxylic acid groups (broad SMARTS) is 1. The lowest BCUT2D eigenvalue weighted by Crippen LogP contribution is -2.49. The normalized spacial score (nSPS) is 14.0. The van der Waals surface area contributed by atoms with Crippen molar-refractivity contribution in [3.05, 3.63) is 66.5 Å². The molecule has 9 heteroatoms. The van der Waals surface area contributed by atoms with E-state index in [2.05, 4.69) is 10.2 Å². The molecule has 1 saturated heterocycles. The Morgan fingerprint density at radius 3 is 2.42 bits per heavy atom. The molecule has 0 bridgehead atoms. The molecule has 1 aliphatic rings. The van der Waals surface area contributed by atoms with E-state index in [-0.39, 0.29) is 17.5 Å². The smallest absolute Gasteiger partial charge is 0.328 e. The van der Waals surface area contributed by atoms with Gasteiger partial charge in [-0.15, -0.1) is 11.8 Å². The van der Waals surface area contributed by atoms with Gasteiger partial charge in [0.05, 0.1) is 5.75 Å². The highest BCUT2D eigenvalue weighted by atomic mass is 32.2. The number of aliphatic carboxylic acids is 1. The minimum atomic E-state index is -1.20. The molecule has 1 fully saturated rings. The third-order valence-corrected chi connectivity index (χ3v) is 5.64. The molecule has 7 nitrogen and oxygen atoms in total. The number of carboxylic acids is 1. The van der Waals surface area contributed by atoms with Gasteiger partial charge in [-0.1, -0.05) is 6.07 Å². The molecule has 162 valence electrons. The summed E-state index contributed by atoms with van der Waals surface area (Å²) >= 11 is 1.37. The first kappa shape index (κ1) is 22.4. The van der Waals surface area contributed by atoms with Gasteiger partial charge in [0.25, 0.3) is 0 Å². The minimum Gasteiger partial charge on any atom is -0.478 e. The van der Waals surface area contributed by atoms with Crippen LogP contribution in [0.3, 0.4) is 0 Å². The summed E-state index contributed by atoms with van der Waals surface area (Å²) in [5, 5.41) is 11.1. The van der Waals surface area contributed by atoms with Crippen LogP contribution in [0.5, 0.6) is 0 Å². The highest BCUT2D eigenvalue weighted by Crippen LogP contribution is 2.23. The number of hydrogen-bond donors (Lipinski definition) is 2. The van der Waals surface area contributed by atoms with E-state index >= 15 is 0 Å². The molecule has 2 N–H and O–H groups in total. The molecule has 1 heterocycles. The van der Waals surface area contributed by atoms with E-state index in [4.69, 9.17) is 5.11 Å². The van der Waals surface area contributed by atoms with Crippen LogP contribution in [0.15, 0.2) is 65.6 Å². The highest BCUT2D eigenvalue weighted by molar-refractivity contribution is 8.00. The standard InChI is InChI=1S/C22H22FN3O4S/c23-16-4-6-18(7-5-16)25-10-12-26(13-11-25)21(28)15-31-19-3-1-2-17(14-19)24-20(27)8-9-22(29)30/h1-9,14H,10-13,15H2,(H,24,27)(H,29,30)/b9-8+. The van der Waals surface area contributed by atoms with Crippen molar-refractivity contribution in [1.82, 2.24) is 4.90 Å². The quantitative estimate of drug-likeness (QED) is 0.505. The molecule has 0 atom stereocenters. The topological polar surface area (TPSA) is 89.9 Å². The van der Waals surface area contributed by atoms with Crippen LogP contribution >= 0.6 is 11.8 Å². The summed E-state index contributed by atoms with van der Waals surface area (Å²) in [6.45, 7) is 2.58. The van der Waals surface area contributed by atoms with Crippen LogP contribution in [0.2, 0.25) is 0 Å². The predicted octanol–water partition coefficient (Wildman–Crippen LogP) is 2.85. The molecule has 3 rings (SSSR count). The van der Waals surface area contributed by atoms with Gasteiger partial charge < -0.3 is 20.2 Å². The first-order valence-corrected chi connectivity index (χ1v) is 10.6. The van der Waals surface area contributed by atoms with Gasteiger partial charge in [-0.2, -0.15) is 0 Å². The Balaban J connectivity index is 1.47. The number of carbonyl (C=O) groups is 3. The molecule has 0 aromatic heterocycles. The van der Waals surface area contributed by atoms with Crippen molar-refractivity contribution in [3.63, 3.8) is 0 Å². The fraction of sp³-hybridized carbons (Fsp3) is 0.227. The van der Waals surface area contributed by atoms with Crippen LogP contribution in [0.25, 0.3) is 0 Å². The number of amides is 2. The summed E-state index contributed by atoms with van der Waals surface area (Å²) < 4.78 is 13.1. The van der Waals surface area contributed by atoms with Crippen molar-refractivity contribution in [3.8, 4) is 0 Å². The second kappa shape index (κ2) is 10.6. The molecule has 31 heavy (non-hydrogen) atoms. The minimum absolute atomic E-state index is 0.0302. The van der Waals surface area contributed by atoms with Gasteiger partial charge in [-0.3, -0.25) is 9.59 Å². The number of carbonyl (C=O) groups excluding carboxylic acids is 2. The summed E-state index contributed by atoms with van der Waals surface area (Å²) in [5.41, 5.74) is 1.46. The number of nitrogens with one attached hydrogen (secondary N) is 1. The fourth-order valence-corrected chi connectivity index (χ4v) is 3.95. The lowest BCUT2D eigenvalue weighted by atomic mass is 10.2. The van der Waals surface area contributed by atoms with Gasteiger partial charge in [0.2, 0.25) is 11.8 Å². The van der Waals surface area contributed by atoms with Gasteiger partial charge in [-0.05, 0) is 42.5 Å². The summed E-state index contributed by atoms with van der Waals surface area (Å²) in [4.78, 5) is 39.5. The number of rotatable bonds is 7. The van der Waals surface area contributed by atoms with Gasteiger partial charge in [0.1, 0.15) is 5.82 Å². The Hall–Kier alpha value is -3.33. The van der Waals surface area contributed by atoms with Crippen molar-refractivity contribution in [1.29, 1.82) is 0 Å². The van der Waals surface area contributed by atoms with Crippen LogP contribution in [-0.2, 0) is 14.4 Å². The molecule has 0 aliphatic carbocycles. The molecular weight excluding hydrogens is 421 g/mol. The molecule has 0 radical (unpaired) electrons. The molecule has 2 aromatic carbocycles. The third-order valence-electron chi connectivity index (χ3n) is 4.67.